The number of ether oxygens (including phenoxy) is 2. The van der Waals surface area contributed by atoms with Crippen LogP contribution in [0.3, 0.4) is 0 Å². The van der Waals surface area contributed by atoms with E-state index in [9.17, 15) is 19.7 Å². The molecule has 142 valence electrons. The summed E-state index contributed by atoms with van der Waals surface area (Å²) in [6.45, 7) is 1.20. The van der Waals surface area contributed by atoms with E-state index in [1.165, 1.54) is 31.0 Å². The summed E-state index contributed by atoms with van der Waals surface area (Å²) >= 11 is 1.18. The van der Waals surface area contributed by atoms with Gasteiger partial charge in [0, 0.05) is 17.0 Å². The van der Waals surface area contributed by atoms with Crippen molar-refractivity contribution in [2.45, 2.75) is 17.1 Å². The Morgan fingerprint density at radius 2 is 1.85 bits per heavy atom. The van der Waals surface area contributed by atoms with Gasteiger partial charge in [0.05, 0.1) is 17.7 Å². The summed E-state index contributed by atoms with van der Waals surface area (Å²) in [5, 5.41) is 12.7. The van der Waals surface area contributed by atoms with Crippen molar-refractivity contribution in [3.63, 3.8) is 0 Å². The first-order valence-electron chi connectivity index (χ1n) is 7.91. The molecule has 2 aromatic rings. The van der Waals surface area contributed by atoms with E-state index in [0.717, 1.165) is 0 Å². The molecule has 0 aromatic heterocycles. The second-order valence-electron chi connectivity index (χ2n) is 5.37. The van der Waals surface area contributed by atoms with Crippen LogP contribution < -0.4 is 10.1 Å². The minimum absolute atomic E-state index is 0.0254. The van der Waals surface area contributed by atoms with Gasteiger partial charge in [0.25, 0.3) is 11.6 Å². The number of anilines is 1. The number of benzene rings is 2. The predicted molar refractivity (Wildman–Crippen MR) is 101 cm³/mol. The summed E-state index contributed by atoms with van der Waals surface area (Å²) in [5.41, 5.74) is 0.456. The standard InChI is InChI=1S/C18H18N2O6S/c1-12(27-14-9-7-13(8-10-14)20(23)24)18(22)26-11-17(21)19-15-5-3-4-6-16(15)25-2/h3-10,12H,11H2,1-2H3,(H,19,21)/t12-/m1/s1. The highest BCUT2D eigenvalue weighted by atomic mass is 32.2. The third kappa shape index (κ3) is 6.00. The average Bonchev–Trinajstić information content (AvgIpc) is 2.66. The van der Waals surface area contributed by atoms with Crippen LogP contribution in [0.2, 0.25) is 0 Å². The Morgan fingerprint density at radius 3 is 2.48 bits per heavy atom. The third-order valence-electron chi connectivity index (χ3n) is 3.42. The van der Waals surface area contributed by atoms with Gasteiger partial charge in [-0.2, -0.15) is 0 Å². The lowest BCUT2D eigenvalue weighted by molar-refractivity contribution is -0.384. The summed E-state index contributed by atoms with van der Waals surface area (Å²) < 4.78 is 10.2. The number of nitro groups is 1. The minimum atomic E-state index is -0.578. The number of hydrogen-bond acceptors (Lipinski definition) is 7. The van der Waals surface area contributed by atoms with E-state index >= 15 is 0 Å². The van der Waals surface area contributed by atoms with Crippen LogP contribution in [0, 0.1) is 10.1 Å². The number of nitrogens with one attached hydrogen (secondary N) is 1. The number of carbonyl (C=O) groups is 2. The number of para-hydroxylation sites is 2. The molecule has 0 saturated carbocycles. The topological polar surface area (TPSA) is 108 Å². The lowest BCUT2D eigenvalue weighted by Crippen LogP contribution is -2.25. The zero-order valence-corrected chi connectivity index (χ0v) is 15.5. The maximum absolute atomic E-state index is 12.0. The highest BCUT2D eigenvalue weighted by Gasteiger charge is 2.18. The number of amides is 1. The highest BCUT2D eigenvalue weighted by molar-refractivity contribution is 8.00. The van der Waals surface area contributed by atoms with Crippen molar-refractivity contribution in [1.29, 1.82) is 0 Å². The Balaban J connectivity index is 1.83. The summed E-state index contributed by atoms with van der Waals surface area (Å²) in [6.07, 6.45) is 0. The van der Waals surface area contributed by atoms with Crippen LogP contribution in [0.15, 0.2) is 53.4 Å². The maximum atomic E-state index is 12.0. The molecule has 0 aliphatic carbocycles. The molecule has 0 spiro atoms. The number of nitrogens with zero attached hydrogens (tertiary/aromatic N) is 1. The molecule has 2 rings (SSSR count). The largest absolute Gasteiger partial charge is 0.495 e. The van der Waals surface area contributed by atoms with E-state index in [2.05, 4.69) is 5.32 Å². The molecule has 0 aliphatic heterocycles. The lowest BCUT2D eigenvalue weighted by atomic mass is 10.3. The van der Waals surface area contributed by atoms with E-state index in [4.69, 9.17) is 9.47 Å². The number of thioether (sulfide) groups is 1. The molecule has 9 heteroatoms. The monoisotopic (exact) mass is 390 g/mol. The van der Waals surface area contributed by atoms with Gasteiger partial charge in [0.1, 0.15) is 11.0 Å². The van der Waals surface area contributed by atoms with E-state index in [0.29, 0.717) is 16.3 Å². The predicted octanol–water partition coefficient (Wildman–Crippen LogP) is 3.27. The van der Waals surface area contributed by atoms with E-state index < -0.39 is 28.7 Å². The van der Waals surface area contributed by atoms with Gasteiger partial charge >= 0.3 is 5.97 Å². The first kappa shape index (κ1) is 20.2. The number of rotatable bonds is 8. The van der Waals surface area contributed by atoms with E-state index in [-0.39, 0.29) is 5.69 Å². The van der Waals surface area contributed by atoms with Crippen LogP contribution in [-0.2, 0) is 14.3 Å². The molecular weight excluding hydrogens is 372 g/mol. The Bertz CT molecular complexity index is 825. The van der Waals surface area contributed by atoms with E-state index in [1.54, 1.807) is 43.3 Å². The van der Waals surface area contributed by atoms with Gasteiger partial charge in [-0.05, 0) is 31.2 Å². The molecule has 0 unspecified atom stereocenters. The van der Waals surface area contributed by atoms with Crippen molar-refractivity contribution in [2.24, 2.45) is 0 Å². The normalized spacial score (nSPS) is 11.3. The Labute approximate surface area is 160 Å². The second kappa shape index (κ2) is 9.58. The van der Waals surface area contributed by atoms with Crippen molar-refractivity contribution in [3.8, 4) is 5.75 Å². The van der Waals surface area contributed by atoms with Crippen LogP contribution in [-0.4, -0.2) is 35.8 Å². The Morgan fingerprint density at radius 1 is 1.19 bits per heavy atom. The van der Waals surface area contributed by atoms with E-state index in [1.807, 2.05) is 0 Å². The van der Waals surface area contributed by atoms with Gasteiger partial charge in [-0.25, -0.2) is 0 Å². The number of nitro benzene ring substituents is 1. The van der Waals surface area contributed by atoms with Crippen molar-refractivity contribution >= 4 is 35.0 Å². The lowest BCUT2D eigenvalue weighted by Gasteiger charge is -2.12. The van der Waals surface area contributed by atoms with Gasteiger partial charge in [-0.1, -0.05) is 12.1 Å². The molecule has 0 bridgehead atoms. The number of non-ortho nitro benzene ring substituents is 1. The fraction of sp³-hybridized carbons (Fsp3) is 0.222. The molecule has 1 amide bonds. The quantitative estimate of drug-likeness (QED) is 0.319. The zero-order chi connectivity index (χ0) is 19.8. The van der Waals surface area contributed by atoms with Crippen molar-refractivity contribution in [2.75, 3.05) is 19.0 Å². The minimum Gasteiger partial charge on any atom is -0.495 e. The van der Waals surface area contributed by atoms with Gasteiger partial charge in [-0.15, -0.1) is 11.8 Å². The molecule has 2 aromatic carbocycles. The van der Waals surface area contributed by atoms with Gasteiger partial charge < -0.3 is 14.8 Å². The first-order chi connectivity index (χ1) is 12.9. The Hall–Kier alpha value is -3.07. The summed E-state index contributed by atoms with van der Waals surface area (Å²) in [6, 6.07) is 12.7. The zero-order valence-electron chi connectivity index (χ0n) is 14.7. The molecule has 0 heterocycles. The molecule has 0 fully saturated rings. The fourth-order valence-corrected chi connectivity index (χ4v) is 2.95. The smallest absolute Gasteiger partial charge is 0.319 e. The van der Waals surface area contributed by atoms with Gasteiger partial charge in [-0.3, -0.25) is 19.7 Å². The molecular formula is C18H18N2O6S. The van der Waals surface area contributed by atoms with Crippen molar-refractivity contribution in [3.05, 3.63) is 58.6 Å². The molecule has 0 radical (unpaired) electrons. The molecule has 0 saturated heterocycles. The molecule has 0 aliphatic rings. The molecule has 27 heavy (non-hydrogen) atoms. The summed E-state index contributed by atoms with van der Waals surface area (Å²) in [7, 11) is 1.49. The Kier molecular flexibility index (Phi) is 7.18. The number of esters is 1. The highest BCUT2D eigenvalue weighted by Crippen LogP contribution is 2.26. The average molecular weight is 390 g/mol. The van der Waals surface area contributed by atoms with Crippen LogP contribution in [0.1, 0.15) is 6.92 Å². The van der Waals surface area contributed by atoms with Crippen molar-refractivity contribution in [1.82, 2.24) is 0 Å². The van der Waals surface area contributed by atoms with Crippen LogP contribution >= 0.6 is 11.8 Å². The van der Waals surface area contributed by atoms with Gasteiger partial charge in [0.15, 0.2) is 6.61 Å². The number of carbonyl (C=O) groups excluding carboxylic acids is 2. The number of hydrogen-bond donors (Lipinski definition) is 1. The van der Waals surface area contributed by atoms with Crippen LogP contribution in [0.4, 0.5) is 11.4 Å². The molecule has 1 atom stereocenters. The maximum Gasteiger partial charge on any atom is 0.319 e. The summed E-state index contributed by atoms with van der Waals surface area (Å²) in [4.78, 5) is 34.8. The first-order valence-corrected chi connectivity index (χ1v) is 8.79. The second-order valence-corrected chi connectivity index (χ2v) is 6.78. The SMILES string of the molecule is COc1ccccc1NC(=O)COC(=O)[C@@H](C)Sc1ccc([N+](=O)[O-])cc1. The van der Waals surface area contributed by atoms with Crippen LogP contribution in [0.5, 0.6) is 5.75 Å². The molecule has 8 nitrogen and oxygen atoms in total. The third-order valence-corrected chi connectivity index (χ3v) is 4.51. The van der Waals surface area contributed by atoms with Crippen LogP contribution in [0.25, 0.3) is 0 Å². The fourth-order valence-electron chi connectivity index (χ4n) is 2.09. The molecule has 1 N–H and O–H groups in total. The van der Waals surface area contributed by atoms with Gasteiger partial charge in [0.2, 0.25) is 0 Å². The summed E-state index contributed by atoms with van der Waals surface area (Å²) in [5.74, 6) is -0.548. The number of methoxy groups -OCH3 is 1. The van der Waals surface area contributed by atoms with Crippen molar-refractivity contribution < 1.29 is 24.0 Å².